The minimum atomic E-state index is 0.512. The summed E-state index contributed by atoms with van der Waals surface area (Å²) in [5, 5.41) is 8.89. The Morgan fingerprint density at radius 1 is 1.25 bits per heavy atom. The molecule has 0 saturated heterocycles. The van der Waals surface area contributed by atoms with Gasteiger partial charge in [-0.2, -0.15) is 5.26 Å². The lowest BCUT2D eigenvalue weighted by Gasteiger charge is -2.09. The number of hydrogen-bond donors (Lipinski definition) is 0. The molecule has 1 aromatic rings. The van der Waals surface area contributed by atoms with Crippen LogP contribution in [0.4, 0.5) is 0 Å². The van der Waals surface area contributed by atoms with Crippen LogP contribution in [0.25, 0.3) is 0 Å². The number of ether oxygens (including phenoxy) is 3. The summed E-state index contributed by atoms with van der Waals surface area (Å²) < 4.78 is 15.5. The molecule has 4 heteroatoms. The molecule has 4 nitrogen and oxygen atoms in total. The molecular formula is C12H15NO3. The van der Waals surface area contributed by atoms with E-state index in [1.807, 2.05) is 0 Å². The van der Waals surface area contributed by atoms with Crippen LogP contribution in [-0.4, -0.2) is 27.4 Å². The summed E-state index contributed by atoms with van der Waals surface area (Å²) in [6, 6.07) is 7.21. The molecule has 0 amide bonds. The zero-order valence-electron chi connectivity index (χ0n) is 9.53. The summed E-state index contributed by atoms with van der Waals surface area (Å²) >= 11 is 0. The van der Waals surface area contributed by atoms with Crippen LogP contribution >= 0.6 is 0 Å². The van der Waals surface area contributed by atoms with Crippen molar-refractivity contribution in [2.75, 3.05) is 27.4 Å². The molecule has 16 heavy (non-hydrogen) atoms. The topological polar surface area (TPSA) is 51.5 Å². The zero-order chi connectivity index (χ0) is 11.8. The van der Waals surface area contributed by atoms with Gasteiger partial charge in [-0.05, 0) is 12.1 Å². The van der Waals surface area contributed by atoms with Crippen molar-refractivity contribution in [3.63, 3.8) is 0 Å². The zero-order valence-corrected chi connectivity index (χ0v) is 9.53. The van der Waals surface area contributed by atoms with E-state index in [-0.39, 0.29) is 0 Å². The van der Waals surface area contributed by atoms with Gasteiger partial charge in [0, 0.05) is 26.2 Å². The van der Waals surface area contributed by atoms with Crippen molar-refractivity contribution in [2.24, 2.45) is 0 Å². The summed E-state index contributed by atoms with van der Waals surface area (Å²) in [6.07, 6.45) is 0.790. The fourth-order valence-corrected chi connectivity index (χ4v) is 1.23. The first-order valence-corrected chi connectivity index (χ1v) is 5.01. The normalized spacial score (nSPS) is 9.56. The predicted octanol–water partition coefficient (Wildman–Crippen LogP) is 1.98. The van der Waals surface area contributed by atoms with Crippen molar-refractivity contribution in [2.45, 2.75) is 6.42 Å². The second-order valence-electron chi connectivity index (χ2n) is 3.17. The van der Waals surface area contributed by atoms with E-state index in [1.165, 1.54) is 0 Å². The lowest BCUT2D eigenvalue weighted by Crippen LogP contribution is -2.02. The third-order valence-electron chi connectivity index (χ3n) is 2.06. The van der Waals surface area contributed by atoms with E-state index in [0.29, 0.717) is 30.3 Å². The average Bonchev–Trinajstić information content (AvgIpc) is 2.34. The highest BCUT2D eigenvalue weighted by Gasteiger charge is 2.04. The number of hydrogen-bond acceptors (Lipinski definition) is 4. The first-order valence-electron chi connectivity index (χ1n) is 5.01. The fourth-order valence-electron chi connectivity index (χ4n) is 1.23. The van der Waals surface area contributed by atoms with Gasteiger partial charge in [0.2, 0.25) is 0 Å². The smallest absolute Gasteiger partial charge is 0.140 e. The molecule has 0 aromatic heterocycles. The average molecular weight is 221 g/mol. The SMILES string of the molecule is COCCCOc1cc(OC)ccc1C#N. The van der Waals surface area contributed by atoms with Crippen LogP contribution in [0.1, 0.15) is 12.0 Å². The van der Waals surface area contributed by atoms with Crippen molar-refractivity contribution in [3.8, 4) is 17.6 Å². The predicted molar refractivity (Wildman–Crippen MR) is 59.7 cm³/mol. The molecule has 0 heterocycles. The molecule has 0 unspecified atom stereocenters. The van der Waals surface area contributed by atoms with E-state index >= 15 is 0 Å². The highest BCUT2D eigenvalue weighted by molar-refractivity contribution is 5.47. The van der Waals surface area contributed by atoms with Crippen molar-refractivity contribution in [1.29, 1.82) is 5.26 Å². The van der Waals surface area contributed by atoms with Gasteiger partial charge in [0.05, 0.1) is 19.3 Å². The Bertz CT molecular complexity index is 371. The van der Waals surface area contributed by atoms with Gasteiger partial charge >= 0.3 is 0 Å². The molecule has 0 fully saturated rings. The van der Waals surface area contributed by atoms with E-state index < -0.39 is 0 Å². The molecule has 0 atom stereocenters. The number of methoxy groups -OCH3 is 2. The van der Waals surface area contributed by atoms with Gasteiger partial charge in [0.25, 0.3) is 0 Å². The third kappa shape index (κ3) is 3.44. The summed E-state index contributed by atoms with van der Waals surface area (Å²) in [7, 11) is 3.22. The third-order valence-corrected chi connectivity index (χ3v) is 2.06. The van der Waals surface area contributed by atoms with Crippen LogP contribution in [-0.2, 0) is 4.74 Å². The molecule has 0 saturated carbocycles. The Kier molecular flexibility index (Phi) is 5.17. The first kappa shape index (κ1) is 12.3. The summed E-state index contributed by atoms with van der Waals surface area (Å²) in [4.78, 5) is 0. The number of nitrogens with zero attached hydrogens (tertiary/aromatic N) is 1. The summed E-state index contributed by atoms with van der Waals surface area (Å²) in [5.74, 6) is 1.23. The second kappa shape index (κ2) is 6.70. The van der Waals surface area contributed by atoms with Crippen molar-refractivity contribution in [3.05, 3.63) is 23.8 Å². The molecule has 0 radical (unpaired) electrons. The Morgan fingerprint density at radius 2 is 2.06 bits per heavy atom. The summed E-state index contributed by atoms with van der Waals surface area (Å²) in [5.41, 5.74) is 0.512. The molecule has 0 aliphatic carbocycles. The van der Waals surface area contributed by atoms with E-state index in [2.05, 4.69) is 6.07 Å². The Hall–Kier alpha value is -1.73. The monoisotopic (exact) mass is 221 g/mol. The van der Waals surface area contributed by atoms with Crippen molar-refractivity contribution >= 4 is 0 Å². The maximum atomic E-state index is 8.89. The van der Waals surface area contributed by atoms with Crippen LogP contribution in [0.15, 0.2) is 18.2 Å². The number of benzene rings is 1. The Labute approximate surface area is 95.4 Å². The Balaban J connectivity index is 2.65. The molecule has 0 bridgehead atoms. The molecule has 0 spiro atoms. The van der Waals surface area contributed by atoms with Gasteiger partial charge in [0.1, 0.15) is 17.6 Å². The first-order chi connectivity index (χ1) is 7.81. The molecule has 0 aliphatic rings. The van der Waals surface area contributed by atoms with Crippen molar-refractivity contribution < 1.29 is 14.2 Å². The number of rotatable bonds is 6. The Morgan fingerprint density at radius 3 is 2.69 bits per heavy atom. The van der Waals surface area contributed by atoms with E-state index in [9.17, 15) is 0 Å². The molecule has 0 aliphatic heterocycles. The molecule has 1 aromatic carbocycles. The molecule has 1 rings (SSSR count). The largest absolute Gasteiger partial charge is 0.497 e. The van der Waals surface area contributed by atoms with Gasteiger partial charge in [0.15, 0.2) is 0 Å². The van der Waals surface area contributed by atoms with Gasteiger partial charge < -0.3 is 14.2 Å². The van der Waals surface area contributed by atoms with Crippen LogP contribution in [0.2, 0.25) is 0 Å². The van der Waals surface area contributed by atoms with Gasteiger partial charge in [-0.1, -0.05) is 0 Å². The van der Waals surface area contributed by atoms with E-state index in [0.717, 1.165) is 6.42 Å². The van der Waals surface area contributed by atoms with Crippen molar-refractivity contribution in [1.82, 2.24) is 0 Å². The fraction of sp³-hybridized carbons (Fsp3) is 0.417. The van der Waals surface area contributed by atoms with Gasteiger partial charge in [-0.3, -0.25) is 0 Å². The molecular weight excluding hydrogens is 206 g/mol. The maximum absolute atomic E-state index is 8.89. The maximum Gasteiger partial charge on any atom is 0.140 e. The highest BCUT2D eigenvalue weighted by atomic mass is 16.5. The van der Waals surface area contributed by atoms with Crippen LogP contribution in [0.3, 0.4) is 0 Å². The minimum Gasteiger partial charge on any atom is -0.497 e. The quantitative estimate of drug-likeness (QED) is 0.689. The second-order valence-corrected chi connectivity index (χ2v) is 3.17. The summed E-state index contributed by atoms with van der Waals surface area (Å²) in [6.45, 7) is 1.17. The molecule has 0 N–H and O–H groups in total. The lowest BCUT2D eigenvalue weighted by atomic mass is 10.2. The van der Waals surface area contributed by atoms with E-state index in [4.69, 9.17) is 19.5 Å². The van der Waals surface area contributed by atoms with Gasteiger partial charge in [-0.25, -0.2) is 0 Å². The standard InChI is InChI=1S/C12H15NO3/c1-14-6-3-7-16-12-8-11(15-2)5-4-10(12)9-13/h4-5,8H,3,6-7H2,1-2H3. The van der Waals surface area contributed by atoms with Crippen LogP contribution < -0.4 is 9.47 Å². The number of nitriles is 1. The van der Waals surface area contributed by atoms with E-state index in [1.54, 1.807) is 32.4 Å². The minimum absolute atomic E-state index is 0.512. The lowest BCUT2D eigenvalue weighted by molar-refractivity contribution is 0.172. The highest BCUT2D eigenvalue weighted by Crippen LogP contribution is 2.24. The van der Waals surface area contributed by atoms with Gasteiger partial charge in [-0.15, -0.1) is 0 Å². The molecule has 86 valence electrons. The van der Waals surface area contributed by atoms with Crippen LogP contribution in [0, 0.1) is 11.3 Å². The van der Waals surface area contributed by atoms with Crippen LogP contribution in [0.5, 0.6) is 11.5 Å².